The van der Waals surface area contributed by atoms with Crippen molar-refractivity contribution in [3.63, 3.8) is 0 Å². The highest BCUT2D eigenvalue weighted by Crippen LogP contribution is 2.21. The number of aromatic nitrogens is 3. The Labute approximate surface area is 141 Å². The molecule has 0 aliphatic carbocycles. The smallest absolute Gasteiger partial charge is 0.228 e. The Morgan fingerprint density at radius 2 is 2.13 bits per heavy atom. The largest absolute Gasteiger partial charge is 0.377 e. The van der Waals surface area contributed by atoms with Gasteiger partial charge in [-0.1, -0.05) is 24.6 Å². The quantitative estimate of drug-likeness (QED) is 0.718. The summed E-state index contributed by atoms with van der Waals surface area (Å²) >= 11 is 1.82. The van der Waals surface area contributed by atoms with E-state index >= 15 is 0 Å². The van der Waals surface area contributed by atoms with E-state index < -0.39 is 0 Å². The minimum Gasteiger partial charge on any atom is -0.377 e. The fraction of sp³-hybridized carbons (Fsp3) is 0.438. The number of aryl methyl sites for hydroxylation is 1. The van der Waals surface area contributed by atoms with E-state index in [0.717, 1.165) is 12.2 Å². The van der Waals surface area contributed by atoms with Gasteiger partial charge in [-0.15, -0.1) is 11.8 Å². The summed E-state index contributed by atoms with van der Waals surface area (Å²) < 4.78 is 5.05. The van der Waals surface area contributed by atoms with Crippen molar-refractivity contribution >= 4 is 23.7 Å². The zero-order valence-electron chi connectivity index (χ0n) is 13.7. The van der Waals surface area contributed by atoms with E-state index in [1.54, 1.807) is 7.11 Å². The molecule has 2 rings (SSSR count). The maximum atomic E-state index is 5.73. The molecule has 7 heteroatoms. The topological polar surface area (TPSA) is 86.0 Å². The number of benzene rings is 1. The summed E-state index contributed by atoms with van der Waals surface area (Å²) in [6, 6.07) is 8.75. The fourth-order valence-corrected chi connectivity index (χ4v) is 3.20. The van der Waals surface area contributed by atoms with Crippen LogP contribution in [0, 0.1) is 6.92 Å². The number of thioether (sulfide) groups is 1. The molecular weight excluding hydrogens is 310 g/mol. The number of methoxy groups -OCH3 is 1. The normalized spacial score (nSPS) is 12.1. The van der Waals surface area contributed by atoms with Gasteiger partial charge >= 0.3 is 0 Å². The number of nitrogens with two attached hydrogens (primary N) is 1. The maximum Gasteiger partial charge on any atom is 0.228 e. The standard InChI is InChI=1S/C16H23N5OS/c1-4-12(10-23-13-7-5-6-11(2)8-13)18-16-20-14(9-22-3)19-15(17)21-16/h5-8,12H,4,9-10H2,1-3H3,(H3,17,18,19,20,21). The molecule has 23 heavy (non-hydrogen) atoms. The van der Waals surface area contributed by atoms with Crippen LogP contribution < -0.4 is 11.1 Å². The minimum absolute atomic E-state index is 0.204. The van der Waals surface area contributed by atoms with E-state index in [4.69, 9.17) is 10.5 Å². The Kier molecular flexibility index (Phi) is 6.61. The molecule has 6 nitrogen and oxygen atoms in total. The van der Waals surface area contributed by atoms with Gasteiger partial charge in [0, 0.05) is 23.8 Å². The Morgan fingerprint density at radius 1 is 1.30 bits per heavy atom. The van der Waals surface area contributed by atoms with Crippen LogP contribution in [-0.2, 0) is 11.3 Å². The monoisotopic (exact) mass is 333 g/mol. The molecule has 0 aliphatic heterocycles. The van der Waals surface area contributed by atoms with E-state index in [2.05, 4.69) is 58.4 Å². The Bertz CT molecular complexity index is 638. The highest BCUT2D eigenvalue weighted by Gasteiger charge is 2.11. The molecule has 3 N–H and O–H groups in total. The first-order chi connectivity index (χ1) is 11.1. The maximum absolute atomic E-state index is 5.73. The molecule has 0 radical (unpaired) electrons. The van der Waals surface area contributed by atoms with Crippen molar-refractivity contribution in [2.75, 3.05) is 23.9 Å². The van der Waals surface area contributed by atoms with Crippen LogP contribution in [0.25, 0.3) is 0 Å². The second-order valence-electron chi connectivity index (χ2n) is 5.24. The van der Waals surface area contributed by atoms with Crippen LogP contribution in [0.3, 0.4) is 0 Å². The molecule has 1 atom stereocenters. The van der Waals surface area contributed by atoms with Gasteiger partial charge in [0.2, 0.25) is 11.9 Å². The first-order valence-electron chi connectivity index (χ1n) is 7.56. The average molecular weight is 333 g/mol. The molecule has 0 saturated carbocycles. The van der Waals surface area contributed by atoms with Gasteiger partial charge in [-0.05, 0) is 25.5 Å². The highest BCUT2D eigenvalue weighted by molar-refractivity contribution is 7.99. The Hall–Kier alpha value is -1.86. The van der Waals surface area contributed by atoms with Gasteiger partial charge in [0.25, 0.3) is 0 Å². The first-order valence-corrected chi connectivity index (χ1v) is 8.54. The van der Waals surface area contributed by atoms with Gasteiger partial charge in [-0.25, -0.2) is 0 Å². The number of anilines is 2. The number of nitrogens with zero attached hydrogens (tertiary/aromatic N) is 3. The fourth-order valence-electron chi connectivity index (χ4n) is 2.04. The lowest BCUT2D eigenvalue weighted by atomic mass is 10.2. The summed E-state index contributed by atoms with van der Waals surface area (Å²) in [5.41, 5.74) is 6.99. The molecule has 0 saturated heterocycles. The van der Waals surface area contributed by atoms with Crippen molar-refractivity contribution in [3.05, 3.63) is 35.7 Å². The predicted molar refractivity (Wildman–Crippen MR) is 94.6 cm³/mol. The van der Waals surface area contributed by atoms with Crippen LogP contribution in [0.2, 0.25) is 0 Å². The van der Waals surface area contributed by atoms with E-state index in [-0.39, 0.29) is 12.0 Å². The van der Waals surface area contributed by atoms with E-state index in [1.807, 2.05) is 11.8 Å². The zero-order valence-corrected chi connectivity index (χ0v) is 14.6. The predicted octanol–water partition coefficient (Wildman–Crippen LogP) is 2.89. The third-order valence-corrected chi connectivity index (χ3v) is 4.40. The van der Waals surface area contributed by atoms with Gasteiger partial charge in [0.15, 0.2) is 5.82 Å². The molecular formula is C16H23N5OS. The Morgan fingerprint density at radius 3 is 2.83 bits per heavy atom. The van der Waals surface area contributed by atoms with Crippen molar-refractivity contribution in [2.45, 2.75) is 37.8 Å². The third-order valence-electron chi connectivity index (χ3n) is 3.24. The highest BCUT2D eigenvalue weighted by atomic mass is 32.2. The summed E-state index contributed by atoms with van der Waals surface area (Å²) in [5.74, 6) is 2.16. The van der Waals surface area contributed by atoms with Gasteiger partial charge in [0.1, 0.15) is 6.61 Å². The lowest BCUT2D eigenvalue weighted by Crippen LogP contribution is -2.23. The molecule has 1 aromatic carbocycles. The first kappa shape index (κ1) is 17.5. The summed E-state index contributed by atoms with van der Waals surface area (Å²) in [6.45, 7) is 4.55. The lowest BCUT2D eigenvalue weighted by Gasteiger charge is -2.17. The van der Waals surface area contributed by atoms with Crippen molar-refractivity contribution < 1.29 is 4.74 Å². The molecule has 1 heterocycles. The summed E-state index contributed by atoms with van der Waals surface area (Å²) in [7, 11) is 1.60. The van der Waals surface area contributed by atoms with Gasteiger partial charge in [-0.2, -0.15) is 15.0 Å². The zero-order chi connectivity index (χ0) is 16.7. The molecule has 1 aromatic heterocycles. The SMILES string of the molecule is CCC(CSc1cccc(C)c1)Nc1nc(N)nc(COC)n1. The lowest BCUT2D eigenvalue weighted by molar-refractivity contribution is 0.178. The van der Waals surface area contributed by atoms with Gasteiger partial charge in [0.05, 0.1) is 0 Å². The number of ether oxygens (including phenoxy) is 1. The van der Waals surface area contributed by atoms with Crippen LogP contribution >= 0.6 is 11.8 Å². The van der Waals surface area contributed by atoms with Crippen molar-refractivity contribution in [2.24, 2.45) is 0 Å². The number of rotatable bonds is 8. The number of hydrogen-bond donors (Lipinski definition) is 2. The molecule has 1 unspecified atom stereocenters. The Balaban J connectivity index is 1.98. The number of nitrogen functional groups attached to an aromatic ring is 1. The number of hydrogen-bond acceptors (Lipinski definition) is 7. The van der Waals surface area contributed by atoms with E-state index in [9.17, 15) is 0 Å². The number of nitrogens with one attached hydrogen (secondary N) is 1. The van der Waals surface area contributed by atoms with E-state index in [1.165, 1.54) is 10.5 Å². The van der Waals surface area contributed by atoms with Crippen LogP contribution in [-0.4, -0.2) is 33.9 Å². The molecule has 0 spiro atoms. The molecule has 124 valence electrons. The molecule has 2 aromatic rings. The third kappa shape index (κ3) is 5.69. The van der Waals surface area contributed by atoms with Gasteiger partial charge < -0.3 is 15.8 Å². The minimum atomic E-state index is 0.204. The summed E-state index contributed by atoms with van der Waals surface area (Å²) in [5, 5.41) is 3.33. The van der Waals surface area contributed by atoms with Crippen molar-refractivity contribution in [1.82, 2.24) is 15.0 Å². The summed E-state index contributed by atoms with van der Waals surface area (Å²) in [6.07, 6.45) is 0.962. The molecule has 0 amide bonds. The summed E-state index contributed by atoms with van der Waals surface area (Å²) in [4.78, 5) is 13.8. The van der Waals surface area contributed by atoms with Crippen LogP contribution in [0.1, 0.15) is 24.7 Å². The molecule has 0 fully saturated rings. The van der Waals surface area contributed by atoms with Crippen molar-refractivity contribution in [1.29, 1.82) is 0 Å². The average Bonchev–Trinajstić information content (AvgIpc) is 2.51. The van der Waals surface area contributed by atoms with Crippen LogP contribution in [0.4, 0.5) is 11.9 Å². The van der Waals surface area contributed by atoms with Crippen molar-refractivity contribution in [3.8, 4) is 0 Å². The second kappa shape index (κ2) is 8.69. The molecule has 0 bridgehead atoms. The van der Waals surface area contributed by atoms with Crippen LogP contribution in [0.15, 0.2) is 29.2 Å². The second-order valence-corrected chi connectivity index (χ2v) is 6.34. The molecule has 0 aliphatic rings. The van der Waals surface area contributed by atoms with E-state index in [0.29, 0.717) is 18.4 Å². The van der Waals surface area contributed by atoms with Crippen LogP contribution in [0.5, 0.6) is 0 Å². The van der Waals surface area contributed by atoms with Gasteiger partial charge in [-0.3, -0.25) is 0 Å².